The van der Waals surface area contributed by atoms with Gasteiger partial charge in [0.2, 0.25) is 0 Å². The van der Waals surface area contributed by atoms with Crippen molar-refractivity contribution in [3.63, 3.8) is 0 Å². The van der Waals surface area contributed by atoms with Crippen molar-refractivity contribution >= 4 is 10.2 Å². The number of hydrogen-bond acceptors (Lipinski definition) is 0. The molecule has 0 nitrogen and oxygen atoms in total. The molecule has 1 rings (SSSR count). The first-order valence-corrected chi connectivity index (χ1v) is 3.49. The average molecular weight is 120 g/mol. The molecule has 0 N–H and O–H groups in total. The van der Waals surface area contributed by atoms with Crippen LogP contribution >= 0.6 is 0 Å². The van der Waals surface area contributed by atoms with Gasteiger partial charge in [0.25, 0.3) is 0 Å². The van der Waals surface area contributed by atoms with Gasteiger partial charge in [-0.3, -0.25) is 0 Å². The lowest BCUT2D eigenvalue weighted by atomic mass is 10.2. The molecule has 1 aromatic carbocycles. The van der Waals surface area contributed by atoms with Crippen LogP contribution in [0.1, 0.15) is 5.56 Å². The van der Waals surface area contributed by atoms with Crippen molar-refractivity contribution in [1.82, 2.24) is 0 Å². The van der Waals surface area contributed by atoms with E-state index in [0.717, 1.165) is 6.04 Å². The molecular weight excluding hydrogens is 112 g/mol. The fraction of sp³-hybridized carbons (Fsp3) is 0.143. The molecule has 0 bridgehead atoms. The molecule has 1 heteroatoms. The Balaban J connectivity index is 2.83. The van der Waals surface area contributed by atoms with Crippen molar-refractivity contribution < 1.29 is 0 Å². The van der Waals surface area contributed by atoms with Crippen molar-refractivity contribution in [1.29, 1.82) is 0 Å². The lowest BCUT2D eigenvalue weighted by Gasteiger charge is -1.89. The Morgan fingerprint density at radius 1 is 1.12 bits per heavy atom. The van der Waals surface area contributed by atoms with Crippen LogP contribution in [0.5, 0.6) is 0 Å². The summed E-state index contributed by atoms with van der Waals surface area (Å²) in [6.07, 6.45) is 0. The molecule has 0 atom stereocenters. The Labute approximate surface area is 53.0 Å². The second-order valence-corrected chi connectivity index (χ2v) is 2.10. The summed E-state index contributed by atoms with van der Waals surface area (Å²) in [7, 11) is 2.69. The topological polar surface area (TPSA) is 0 Å². The highest BCUT2D eigenvalue weighted by Gasteiger charge is 1.80. The predicted octanol–water partition coefficient (Wildman–Crippen LogP) is 1.09. The Kier molecular flexibility index (Phi) is 1.86. The molecule has 0 aliphatic heterocycles. The molecule has 0 amide bonds. The van der Waals surface area contributed by atoms with E-state index < -0.39 is 0 Å². The van der Waals surface area contributed by atoms with E-state index in [1.165, 1.54) is 5.56 Å². The highest BCUT2D eigenvalue weighted by atomic mass is 28.1. The van der Waals surface area contributed by atoms with E-state index in [9.17, 15) is 0 Å². The first-order valence-electron chi connectivity index (χ1n) is 2.67. The van der Waals surface area contributed by atoms with Gasteiger partial charge in [-0.25, -0.2) is 0 Å². The second-order valence-electron chi connectivity index (χ2n) is 1.69. The van der Waals surface area contributed by atoms with Gasteiger partial charge < -0.3 is 0 Å². The maximum atomic E-state index is 2.69. The normalized spacial score (nSPS) is 9.12. The van der Waals surface area contributed by atoms with Crippen molar-refractivity contribution in [3.05, 3.63) is 35.9 Å². The molecule has 0 unspecified atom stereocenters. The van der Waals surface area contributed by atoms with E-state index in [1.54, 1.807) is 0 Å². The van der Waals surface area contributed by atoms with Crippen molar-refractivity contribution in [2.75, 3.05) is 0 Å². The fourth-order valence-electron chi connectivity index (χ4n) is 0.614. The van der Waals surface area contributed by atoms with Gasteiger partial charge in [0.05, 0.1) is 0 Å². The van der Waals surface area contributed by atoms with Gasteiger partial charge in [-0.05, 0) is 6.04 Å². The van der Waals surface area contributed by atoms with Crippen LogP contribution in [0.4, 0.5) is 0 Å². The Morgan fingerprint density at radius 2 is 1.75 bits per heavy atom. The van der Waals surface area contributed by atoms with Crippen LogP contribution in [-0.2, 0) is 6.04 Å². The Morgan fingerprint density at radius 3 is 2.12 bits per heavy atom. The number of rotatable bonds is 1. The summed E-state index contributed by atoms with van der Waals surface area (Å²) >= 11 is 0. The molecule has 0 spiro atoms. The average Bonchev–Trinajstić information content (AvgIpc) is 1.90. The lowest BCUT2D eigenvalue weighted by molar-refractivity contribution is 1.40. The minimum absolute atomic E-state index is 1.06. The highest BCUT2D eigenvalue weighted by Crippen LogP contribution is 1.95. The molecule has 0 saturated carbocycles. The first kappa shape index (κ1) is 5.57. The van der Waals surface area contributed by atoms with Crippen LogP contribution in [0, 0.1) is 0 Å². The number of hydrogen-bond donors (Lipinski definition) is 0. The summed E-state index contributed by atoms with van der Waals surface area (Å²) in [5, 5.41) is 0. The van der Waals surface area contributed by atoms with E-state index in [-0.39, 0.29) is 0 Å². The molecule has 0 aromatic heterocycles. The largest absolute Gasteiger partial charge is 0.0622 e. The number of benzene rings is 1. The molecular formula is C7H8Si. The maximum absolute atomic E-state index is 2.69. The molecule has 0 aliphatic carbocycles. The zero-order chi connectivity index (χ0) is 5.82. The van der Waals surface area contributed by atoms with Crippen molar-refractivity contribution in [3.8, 4) is 0 Å². The third kappa shape index (κ3) is 1.20. The van der Waals surface area contributed by atoms with E-state index in [2.05, 4.69) is 34.5 Å². The monoisotopic (exact) mass is 120 g/mol. The van der Waals surface area contributed by atoms with Crippen molar-refractivity contribution in [2.45, 2.75) is 6.04 Å². The standard InChI is InChI=1S/C7H8Si/c8-6-7-4-2-1-3-5-7/h1-5,8H,6H2. The van der Waals surface area contributed by atoms with Crippen LogP contribution in [0.2, 0.25) is 0 Å². The van der Waals surface area contributed by atoms with Crippen molar-refractivity contribution in [2.24, 2.45) is 0 Å². The molecule has 0 heterocycles. The highest BCUT2D eigenvalue weighted by molar-refractivity contribution is 6.08. The molecule has 40 valence electrons. The third-order valence-electron chi connectivity index (χ3n) is 1.08. The molecule has 0 fully saturated rings. The van der Waals surface area contributed by atoms with E-state index in [0.29, 0.717) is 0 Å². The van der Waals surface area contributed by atoms with Gasteiger partial charge in [0.1, 0.15) is 0 Å². The van der Waals surface area contributed by atoms with Crippen LogP contribution in [-0.4, -0.2) is 10.2 Å². The smallest absolute Gasteiger partial charge is 0.0204 e. The van der Waals surface area contributed by atoms with Crippen LogP contribution in [0.15, 0.2) is 30.3 Å². The zero-order valence-corrected chi connectivity index (χ0v) is 5.83. The molecule has 0 aliphatic rings. The summed E-state index contributed by atoms with van der Waals surface area (Å²) < 4.78 is 0. The Bertz CT molecular complexity index is 146. The molecule has 0 saturated heterocycles. The van der Waals surface area contributed by atoms with E-state index in [4.69, 9.17) is 0 Å². The van der Waals surface area contributed by atoms with E-state index >= 15 is 0 Å². The van der Waals surface area contributed by atoms with Gasteiger partial charge in [-0.15, -0.1) is 0 Å². The summed E-state index contributed by atoms with van der Waals surface area (Å²) in [5.41, 5.74) is 1.37. The molecule has 8 heavy (non-hydrogen) atoms. The molecule has 2 radical (unpaired) electrons. The predicted molar refractivity (Wildman–Crippen MR) is 37.3 cm³/mol. The zero-order valence-electron chi connectivity index (χ0n) is 4.67. The third-order valence-corrected chi connectivity index (χ3v) is 1.55. The van der Waals surface area contributed by atoms with Crippen LogP contribution in [0.25, 0.3) is 0 Å². The summed E-state index contributed by atoms with van der Waals surface area (Å²) in [5.74, 6) is 0. The summed E-state index contributed by atoms with van der Waals surface area (Å²) in [4.78, 5) is 0. The fourth-order valence-corrected chi connectivity index (χ4v) is 0.886. The van der Waals surface area contributed by atoms with Crippen LogP contribution in [0.3, 0.4) is 0 Å². The summed E-state index contributed by atoms with van der Waals surface area (Å²) in [6.45, 7) is 0. The van der Waals surface area contributed by atoms with Gasteiger partial charge in [-0.2, -0.15) is 0 Å². The van der Waals surface area contributed by atoms with Crippen LogP contribution < -0.4 is 0 Å². The van der Waals surface area contributed by atoms with Gasteiger partial charge >= 0.3 is 0 Å². The maximum Gasteiger partial charge on any atom is 0.0204 e. The summed E-state index contributed by atoms with van der Waals surface area (Å²) in [6, 6.07) is 11.4. The quantitative estimate of drug-likeness (QED) is 0.487. The van der Waals surface area contributed by atoms with Gasteiger partial charge in [0.15, 0.2) is 0 Å². The van der Waals surface area contributed by atoms with Gasteiger partial charge in [0, 0.05) is 10.2 Å². The minimum Gasteiger partial charge on any atom is -0.0622 e. The SMILES string of the molecule is [SiH]Cc1ccccc1. The second kappa shape index (κ2) is 2.67. The minimum atomic E-state index is 1.06. The lowest BCUT2D eigenvalue weighted by Crippen LogP contribution is -1.78. The first-order chi connectivity index (χ1) is 3.93. The van der Waals surface area contributed by atoms with Gasteiger partial charge in [-0.1, -0.05) is 35.9 Å². The van der Waals surface area contributed by atoms with E-state index in [1.807, 2.05) is 6.07 Å². The Hall–Kier alpha value is -0.563. The molecule has 1 aromatic rings.